The summed E-state index contributed by atoms with van der Waals surface area (Å²) < 4.78 is 12.7. The fraction of sp³-hybridized carbons (Fsp3) is 0.467. The number of carbonyl (C=O) groups is 2. The van der Waals surface area contributed by atoms with Crippen molar-refractivity contribution in [2.24, 2.45) is 0 Å². The molecule has 0 unspecified atom stereocenters. The number of nitrogens with zero attached hydrogens (tertiary/aromatic N) is 4. The van der Waals surface area contributed by atoms with E-state index in [1.165, 1.54) is 5.56 Å². The minimum Gasteiger partial charge on any atom is -0.464 e. The van der Waals surface area contributed by atoms with Crippen LogP contribution in [0.1, 0.15) is 74.8 Å². The lowest BCUT2D eigenvalue weighted by Crippen LogP contribution is -2.36. The highest BCUT2D eigenvalue weighted by molar-refractivity contribution is 5.93. The molecule has 6 rings (SSSR count). The quantitative estimate of drug-likeness (QED) is 0.448. The van der Waals surface area contributed by atoms with Gasteiger partial charge in [-0.3, -0.25) is 0 Å². The first kappa shape index (κ1) is 25.4. The van der Waals surface area contributed by atoms with Gasteiger partial charge in [-0.15, -0.1) is 0 Å². The normalized spacial score (nSPS) is 19.9. The first-order valence-electron chi connectivity index (χ1n) is 13.5. The average Bonchev–Trinajstić information content (AvgIpc) is 3.36. The Balaban J connectivity index is 1.47. The van der Waals surface area contributed by atoms with E-state index in [0.29, 0.717) is 43.6 Å². The summed E-state index contributed by atoms with van der Waals surface area (Å²) in [5.41, 5.74) is 4.98. The number of hydrogen-bond donors (Lipinski definition) is 1. The Morgan fingerprint density at radius 1 is 1.23 bits per heavy atom. The molecule has 0 bridgehead atoms. The van der Waals surface area contributed by atoms with Gasteiger partial charge in [-0.1, -0.05) is 6.07 Å². The zero-order valence-corrected chi connectivity index (χ0v) is 22.5. The average molecular weight is 529 g/mol. The third-order valence-electron chi connectivity index (χ3n) is 8.04. The molecule has 39 heavy (non-hydrogen) atoms. The second-order valence-electron chi connectivity index (χ2n) is 11.8. The van der Waals surface area contributed by atoms with E-state index in [1.807, 2.05) is 31.7 Å². The van der Waals surface area contributed by atoms with Gasteiger partial charge in [-0.25, -0.2) is 19.1 Å². The predicted molar refractivity (Wildman–Crippen MR) is 143 cm³/mol. The molecule has 9 nitrogen and oxygen atoms in total. The van der Waals surface area contributed by atoms with Gasteiger partial charge in [-0.2, -0.15) is 5.26 Å². The van der Waals surface area contributed by atoms with Crippen molar-refractivity contribution in [1.82, 2.24) is 14.5 Å². The molecule has 2 aromatic heterocycles. The van der Waals surface area contributed by atoms with Crippen molar-refractivity contribution in [3.63, 3.8) is 0 Å². The molecule has 1 saturated heterocycles. The maximum Gasteiger partial charge on any atom is 0.417 e. The summed E-state index contributed by atoms with van der Waals surface area (Å²) >= 11 is 0. The van der Waals surface area contributed by atoms with E-state index in [2.05, 4.69) is 23.2 Å². The van der Waals surface area contributed by atoms with E-state index in [0.717, 1.165) is 51.6 Å². The van der Waals surface area contributed by atoms with Crippen LogP contribution in [0, 0.1) is 11.3 Å². The lowest BCUT2D eigenvalue weighted by molar-refractivity contribution is 0.0221. The molecule has 0 radical (unpaired) electrons. The largest absolute Gasteiger partial charge is 0.464 e. The SMILES string of the molecule is CC(C)(C)OC(=O)N1CCC[C@H]1c1cc(-c2cnc3c(c2)c(C2(C#N)CC2)cn3C(=O)O)cc2c1COCC2. The van der Waals surface area contributed by atoms with Crippen LogP contribution in [-0.4, -0.2) is 50.5 Å². The number of rotatable bonds is 3. The number of likely N-dealkylation sites (tertiary alicyclic amines) is 1. The van der Waals surface area contributed by atoms with Crippen LogP contribution in [0.15, 0.2) is 30.6 Å². The van der Waals surface area contributed by atoms with Gasteiger partial charge in [0.1, 0.15) is 11.2 Å². The molecule has 3 aliphatic rings. The lowest BCUT2D eigenvalue weighted by atomic mass is 9.88. The molecule has 3 aromatic rings. The summed E-state index contributed by atoms with van der Waals surface area (Å²) in [5.74, 6) is 0. The molecule has 0 spiro atoms. The van der Waals surface area contributed by atoms with E-state index >= 15 is 0 Å². The molecule has 1 aromatic carbocycles. The third-order valence-corrected chi connectivity index (χ3v) is 8.04. The van der Waals surface area contributed by atoms with Crippen molar-refractivity contribution in [3.05, 3.63) is 52.8 Å². The van der Waals surface area contributed by atoms with Gasteiger partial charge < -0.3 is 19.5 Å². The molecular weight excluding hydrogens is 496 g/mol. The topological polar surface area (TPSA) is 118 Å². The van der Waals surface area contributed by atoms with Crippen LogP contribution < -0.4 is 0 Å². The van der Waals surface area contributed by atoms with Gasteiger partial charge in [0.25, 0.3) is 0 Å². The number of amides is 1. The molecule has 1 atom stereocenters. The minimum absolute atomic E-state index is 0.121. The first-order valence-corrected chi connectivity index (χ1v) is 13.5. The van der Waals surface area contributed by atoms with Gasteiger partial charge in [-0.05, 0) is 87.3 Å². The summed E-state index contributed by atoms with van der Waals surface area (Å²) in [7, 11) is 0. The molecule has 9 heteroatoms. The second-order valence-corrected chi connectivity index (χ2v) is 11.8. The van der Waals surface area contributed by atoms with E-state index in [4.69, 9.17) is 9.47 Å². The summed E-state index contributed by atoms with van der Waals surface area (Å²) in [6.45, 7) is 7.38. The molecule has 1 amide bonds. The number of hydrogen-bond acceptors (Lipinski definition) is 6. The van der Waals surface area contributed by atoms with E-state index in [1.54, 1.807) is 12.4 Å². The number of fused-ring (bicyclic) bond motifs is 2. The number of ether oxygens (including phenoxy) is 2. The highest BCUT2D eigenvalue weighted by Gasteiger charge is 2.47. The number of aromatic nitrogens is 2. The molecule has 1 saturated carbocycles. The van der Waals surface area contributed by atoms with Crippen molar-refractivity contribution in [3.8, 4) is 17.2 Å². The fourth-order valence-electron chi connectivity index (χ4n) is 5.96. The summed E-state index contributed by atoms with van der Waals surface area (Å²) in [4.78, 5) is 31.4. The number of pyridine rings is 1. The maximum absolute atomic E-state index is 13.1. The predicted octanol–water partition coefficient (Wildman–Crippen LogP) is 5.93. The minimum atomic E-state index is -1.13. The number of carboxylic acid groups (broad SMARTS) is 1. The number of carbonyl (C=O) groups excluding carboxylic acids is 1. The highest BCUT2D eigenvalue weighted by atomic mass is 16.6. The number of nitriles is 1. The molecule has 2 fully saturated rings. The van der Waals surface area contributed by atoms with Crippen LogP contribution in [0.25, 0.3) is 22.2 Å². The summed E-state index contributed by atoms with van der Waals surface area (Å²) in [5, 5.41) is 20.3. The molecule has 1 N–H and O–H groups in total. The van der Waals surface area contributed by atoms with Crippen molar-refractivity contribution < 1.29 is 24.2 Å². The zero-order valence-electron chi connectivity index (χ0n) is 22.5. The van der Waals surface area contributed by atoms with Gasteiger partial charge in [0.2, 0.25) is 0 Å². The van der Waals surface area contributed by atoms with Crippen molar-refractivity contribution >= 4 is 23.2 Å². The van der Waals surface area contributed by atoms with Crippen molar-refractivity contribution in [2.75, 3.05) is 13.2 Å². The van der Waals surface area contributed by atoms with Crippen molar-refractivity contribution in [1.29, 1.82) is 5.26 Å². The Hall–Kier alpha value is -3.90. The van der Waals surface area contributed by atoms with Crippen LogP contribution in [0.2, 0.25) is 0 Å². The third kappa shape index (κ3) is 4.43. The Morgan fingerprint density at radius 2 is 2.03 bits per heavy atom. The van der Waals surface area contributed by atoms with E-state index < -0.39 is 17.1 Å². The molecule has 202 valence electrons. The van der Waals surface area contributed by atoms with Crippen LogP contribution >= 0.6 is 0 Å². The maximum atomic E-state index is 13.1. The van der Waals surface area contributed by atoms with Crippen LogP contribution in [0.4, 0.5) is 9.59 Å². The van der Waals surface area contributed by atoms with Crippen LogP contribution in [0.3, 0.4) is 0 Å². The lowest BCUT2D eigenvalue weighted by Gasteiger charge is -2.31. The van der Waals surface area contributed by atoms with Crippen molar-refractivity contribution in [2.45, 2.75) is 76.5 Å². The number of benzene rings is 1. The zero-order chi connectivity index (χ0) is 27.5. The monoisotopic (exact) mass is 528 g/mol. The summed E-state index contributed by atoms with van der Waals surface area (Å²) in [6, 6.07) is 8.50. The van der Waals surface area contributed by atoms with Gasteiger partial charge in [0.05, 0.1) is 30.7 Å². The Labute approximate surface area is 226 Å². The van der Waals surface area contributed by atoms with Gasteiger partial charge in [0, 0.05) is 35.5 Å². The standard InChI is InChI=1S/C30H32N4O5/c1-29(2,3)39-28(37)33-9-4-5-25(33)21-12-19(11-18-6-10-38-16-23(18)21)20-13-22-24(30(17-31)7-8-30)15-34(27(35)36)26(22)32-14-20/h11-15,25H,4-10,16H2,1-3H3,(H,35,36)/t25-/m0/s1. The molecule has 4 heterocycles. The summed E-state index contributed by atoms with van der Waals surface area (Å²) in [6.07, 6.45) is 5.71. The molecular formula is C30H32N4O5. The molecule has 1 aliphatic carbocycles. The highest BCUT2D eigenvalue weighted by Crippen LogP contribution is 2.50. The second kappa shape index (κ2) is 9.09. The van der Waals surface area contributed by atoms with E-state index in [9.17, 15) is 20.0 Å². The Kier molecular flexibility index (Phi) is 5.92. The van der Waals surface area contributed by atoms with Gasteiger partial charge in [0.15, 0.2) is 0 Å². The van der Waals surface area contributed by atoms with Gasteiger partial charge >= 0.3 is 12.2 Å². The van der Waals surface area contributed by atoms with Crippen LogP contribution in [0.5, 0.6) is 0 Å². The molecule has 2 aliphatic heterocycles. The smallest absolute Gasteiger partial charge is 0.417 e. The van der Waals surface area contributed by atoms with E-state index in [-0.39, 0.29) is 12.1 Å². The fourth-order valence-corrected chi connectivity index (χ4v) is 5.96. The Bertz CT molecular complexity index is 1540. The first-order chi connectivity index (χ1) is 18.6. The Morgan fingerprint density at radius 3 is 2.72 bits per heavy atom. The van der Waals surface area contributed by atoms with Crippen LogP contribution in [-0.2, 0) is 27.9 Å².